The number of thiazole rings is 1. The number of rotatable bonds is 5. The number of amides is 1. The van der Waals surface area contributed by atoms with Gasteiger partial charge < -0.3 is 4.52 Å². The second-order valence-electron chi connectivity index (χ2n) is 7.03. The van der Waals surface area contributed by atoms with Crippen molar-refractivity contribution < 1.29 is 17.7 Å². The van der Waals surface area contributed by atoms with E-state index >= 15 is 0 Å². The summed E-state index contributed by atoms with van der Waals surface area (Å²) in [6.07, 6.45) is 2.41. The average Bonchev–Trinajstić information content (AvgIpc) is 3.36. The molecule has 1 aromatic carbocycles. The van der Waals surface area contributed by atoms with E-state index in [9.17, 15) is 13.2 Å². The summed E-state index contributed by atoms with van der Waals surface area (Å²) in [5.41, 5.74) is 3.97. The molecular formula is C21H18N4O4S2. The normalized spacial score (nSPS) is 11.5. The Hall–Kier alpha value is -3.37. The molecule has 10 heteroatoms. The van der Waals surface area contributed by atoms with Crippen LogP contribution in [0.25, 0.3) is 22.7 Å². The van der Waals surface area contributed by atoms with Crippen LogP contribution in [0.15, 0.2) is 57.4 Å². The number of nitrogens with one attached hydrogen (secondary N) is 1. The Labute approximate surface area is 182 Å². The Bertz CT molecular complexity index is 1370. The first-order chi connectivity index (χ1) is 14.7. The van der Waals surface area contributed by atoms with E-state index in [4.69, 9.17) is 4.52 Å². The van der Waals surface area contributed by atoms with Crippen molar-refractivity contribution in [3.63, 3.8) is 0 Å². The molecule has 1 amide bonds. The van der Waals surface area contributed by atoms with Crippen LogP contribution in [0.4, 0.5) is 5.13 Å². The van der Waals surface area contributed by atoms with Gasteiger partial charge in [0.15, 0.2) is 20.7 Å². The Morgan fingerprint density at radius 1 is 1.10 bits per heavy atom. The van der Waals surface area contributed by atoms with Crippen molar-refractivity contribution in [3.05, 3.63) is 64.8 Å². The highest BCUT2D eigenvalue weighted by Gasteiger charge is 2.20. The Morgan fingerprint density at radius 3 is 2.65 bits per heavy atom. The standard InChI is InChI=1S/C21H18N4O4S2/c1-12-7-13(2)23-17(8-12)18-11-30-21(24-18)25-20(26)16-10-22-29-19(16)14-5-4-6-15(9-14)31(3,27)28/h4-11H,1-3H3,(H,24,25,26). The van der Waals surface area contributed by atoms with Crippen LogP contribution < -0.4 is 5.32 Å². The molecule has 0 radical (unpaired) electrons. The van der Waals surface area contributed by atoms with Crippen LogP contribution in [0.1, 0.15) is 21.6 Å². The molecular weight excluding hydrogens is 436 g/mol. The van der Waals surface area contributed by atoms with Crippen molar-refractivity contribution in [1.82, 2.24) is 15.1 Å². The molecule has 31 heavy (non-hydrogen) atoms. The van der Waals surface area contributed by atoms with E-state index in [1.54, 1.807) is 12.1 Å². The molecule has 4 rings (SSSR count). The summed E-state index contributed by atoms with van der Waals surface area (Å²) in [5.74, 6) is -0.286. The Kier molecular flexibility index (Phi) is 5.42. The molecule has 4 aromatic rings. The van der Waals surface area contributed by atoms with Gasteiger partial charge in [-0.3, -0.25) is 15.1 Å². The van der Waals surface area contributed by atoms with E-state index in [-0.39, 0.29) is 16.2 Å². The highest BCUT2D eigenvalue weighted by molar-refractivity contribution is 7.90. The molecule has 158 valence electrons. The zero-order valence-electron chi connectivity index (χ0n) is 16.9. The summed E-state index contributed by atoms with van der Waals surface area (Å²) < 4.78 is 28.9. The number of benzene rings is 1. The number of hydrogen-bond donors (Lipinski definition) is 1. The highest BCUT2D eigenvalue weighted by atomic mass is 32.2. The molecule has 0 aliphatic rings. The monoisotopic (exact) mass is 454 g/mol. The lowest BCUT2D eigenvalue weighted by Gasteiger charge is -2.04. The maximum absolute atomic E-state index is 12.8. The van der Waals surface area contributed by atoms with Gasteiger partial charge in [-0.2, -0.15) is 0 Å². The molecule has 3 heterocycles. The maximum atomic E-state index is 12.8. The lowest BCUT2D eigenvalue weighted by Crippen LogP contribution is -2.12. The van der Waals surface area contributed by atoms with Gasteiger partial charge in [0.2, 0.25) is 0 Å². The van der Waals surface area contributed by atoms with Crippen LogP contribution in [0.2, 0.25) is 0 Å². The predicted octanol–water partition coefficient (Wildman–Crippen LogP) is 4.13. The van der Waals surface area contributed by atoms with Crippen LogP contribution in [0.3, 0.4) is 0 Å². The summed E-state index contributed by atoms with van der Waals surface area (Å²) in [4.78, 5) is 21.9. The van der Waals surface area contributed by atoms with E-state index in [2.05, 4.69) is 20.4 Å². The van der Waals surface area contributed by atoms with E-state index in [0.717, 1.165) is 23.2 Å². The summed E-state index contributed by atoms with van der Waals surface area (Å²) in [6, 6.07) is 10.1. The molecule has 0 saturated carbocycles. The molecule has 0 atom stereocenters. The number of anilines is 1. The Morgan fingerprint density at radius 2 is 1.90 bits per heavy atom. The molecule has 0 saturated heterocycles. The second-order valence-corrected chi connectivity index (χ2v) is 9.91. The molecule has 8 nitrogen and oxygen atoms in total. The number of carbonyl (C=O) groups is 1. The van der Waals surface area contributed by atoms with Crippen LogP contribution in [-0.4, -0.2) is 35.7 Å². The average molecular weight is 455 g/mol. The van der Waals surface area contributed by atoms with E-state index in [0.29, 0.717) is 16.4 Å². The zero-order chi connectivity index (χ0) is 22.2. The fourth-order valence-corrected chi connectivity index (χ4v) is 4.43. The van der Waals surface area contributed by atoms with E-state index in [1.165, 1.54) is 29.7 Å². The molecule has 3 aromatic heterocycles. The fraction of sp³-hybridized carbons (Fsp3) is 0.143. The summed E-state index contributed by atoms with van der Waals surface area (Å²) in [7, 11) is -3.40. The minimum Gasteiger partial charge on any atom is -0.355 e. The third kappa shape index (κ3) is 4.54. The zero-order valence-corrected chi connectivity index (χ0v) is 18.5. The van der Waals surface area contributed by atoms with Crippen molar-refractivity contribution in [3.8, 4) is 22.7 Å². The van der Waals surface area contributed by atoms with Gasteiger partial charge in [-0.05, 0) is 43.7 Å². The van der Waals surface area contributed by atoms with E-state index in [1.807, 2.05) is 31.4 Å². The number of nitrogens with zero attached hydrogens (tertiary/aromatic N) is 3. The summed E-state index contributed by atoms with van der Waals surface area (Å²) in [6.45, 7) is 3.90. The quantitative estimate of drug-likeness (QED) is 0.482. The largest absolute Gasteiger partial charge is 0.355 e. The maximum Gasteiger partial charge on any atom is 0.263 e. The summed E-state index contributed by atoms with van der Waals surface area (Å²) >= 11 is 1.28. The number of aryl methyl sites for hydroxylation is 2. The first-order valence-electron chi connectivity index (χ1n) is 9.18. The van der Waals surface area contributed by atoms with Gasteiger partial charge in [0.05, 0.1) is 16.8 Å². The van der Waals surface area contributed by atoms with Gasteiger partial charge in [-0.25, -0.2) is 13.4 Å². The predicted molar refractivity (Wildman–Crippen MR) is 118 cm³/mol. The van der Waals surface area contributed by atoms with Crippen molar-refractivity contribution in [2.45, 2.75) is 18.7 Å². The minimum atomic E-state index is -3.40. The third-order valence-corrected chi connectivity index (χ3v) is 6.29. The van der Waals surface area contributed by atoms with Crippen LogP contribution >= 0.6 is 11.3 Å². The lowest BCUT2D eigenvalue weighted by molar-refractivity contribution is 0.102. The SMILES string of the molecule is Cc1cc(C)nc(-c2csc(NC(=O)c3cnoc3-c3cccc(S(C)(=O)=O)c3)n2)c1. The molecule has 1 N–H and O–H groups in total. The number of hydrogen-bond acceptors (Lipinski definition) is 8. The fourth-order valence-electron chi connectivity index (χ4n) is 3.06. The van der Waals surface area contributed by atoms with Gasteiger partial charge in [0, 0.05) is 22.9 Å². The smallest absolute Gasteiger partial charge is 0.263 e. The summed E-state index contributed by atoms with van der Waals surface area (Å²) in [5, 5.41) is 8.68. The molecule has 0 unspecified atom stereocenters. The van der Waals surface area contributed by atoms with Crippen molar-refractivity contribution in [2.75, 3.05) is 11.6 Å². The highest BCUT2D eigenvalue weighted by Crippen LogP contribution is 2.28. The van der Waals surface area contributed by atoms with E-state index < -0.39 is 15.7 Å². The van der Waals surface area contributed by atoms with Crippen molar-refractivity contribution >= 4 is 32.2 Å². The van der Waals surface area contributed by atoms with Crippen LogP contribution in [0, 0.1) is 13.8 Å². The number of carbonyl (C=O) groups excluding carboxylic acids is 1. The first kappa shape index (κ1) is 20.9. The Balaban J connectivity index is 1.59. The van der Waals surface area contributed by atoms with Crippen LogP contribution in [-0.2, 0) is 9.84 Å². The van der Waals surface area contributed by atoms with Crippen LogP contribution in [0.5, 0.6) is 0 Å². The van der Waals surface area contributed by atoms with Gasteiger partial charge in [0.25, 0.3) is 5.91 Å². The minimum absolute atomic E-state index is 0.123. The number of pyridine rings is 1. The lowest BCUT2D eigenvalue weighted by atomic mass is 10.1. The molecule has 0 aliphatic heterocycles. The van der Waals surface area contributed by atoms with Gasteiger partial charge in [-0.15, -0.1) is 11.3 Å². The molecule has 0 spiro atoms. The third-order valence-electron chi connectivity index (χ3n) is 4.42. The van der Waals surface area contributed by atoms with Gasteiger partial charge in [0.1, 0.15) is 11.3 Å². The number of aromatic nitrogens is 3. The topological polar surface area (TPSA) is 115 Å². The first-order valence-corrected chi connectivity index (χ1v) is 12.0. The second kappa shape index (κ2) is 8.05. The van der Waals surface area contributed by atoms with Crippen molar-refractivity contribution in [2.24, 2.45) is 0 Å². The van der Waals surface area contributed by atoms with Gasteiger partial charge in [-0.1, -0.05) is 17.3 Å². The van der Waals surface area contributed by atoms with Crippen molar-refractivity contribution in [1.29, 1.82) is 0 Å². The molecule has 0 bridgehead atoms. The van der Waals surface area contributed by atoms with Gasteiger partial charge >= 0.3 is 0 Å². The molecule has 0 fully saturated rings. The number of sulfone groups is 1. The molecule has 0 aliphatic carbocycles.